The Morgan fingerprint density at radius 3 is 2.33 bits per heavy atom. The fraction of sp³-hybridized carbons (Fsp3) is 0. The summed E-state index contributed by atoms with van der Waals surface area (Å²) < 4.78 is 66.3. The van der Waals surface area contributed by atoms with Gasteiger partial charge in [-0.1, -0.05) is 0 Å². The van der Waals surface area contributed by atoms with Crippen molar-refractivity contribution < 1.29 is 26.7 Å². The van der Waals surface area contributed by atoms with E-state index in [1.165, 1.54) is 6.07 Å². The number of carbonyl (C=O) groups is 1. The summed E-state index contributed by atoms with van der Waals surface area (Å²) in [7, 11) is 0. The molecular weight excluding hydrogens is 371 g/mol. The molecule has 0 bridgehead atoms. The van der Waals surface area contributed by atoms with E-state index in [4.69, 9.17) is 0 Å². The molecule has 2 aromatic carbocycles. The van der Waals surface area contributed by atoms with Crippen LogP contribution in [-0.4, -0.2) is 15.9 Å². The molecule has 138 valence electrons. The van der Waals surface area contributed by atoms with Gasteiger partial charge in [0.05, 0.1) is 11.4 Å². The second-order valence-corrected chi connectivity index (χ2v) is 5.19. The minimum absolute atomic E-state index is 0.138. The van der Waals surface area contributed by atoms with Gasteiger partial charge in [0.25, 0.3) is 5.91 Å². The van der Waals surface area contributed by atoms with Crippen molar-refractivity contribution in [1.82, 2.24) is 9.97 Å². The zero-order valence-electron chi connectivity index (χ0n) is 13.2. The number of anilines is 3. The average Bonchev–Trinajstić information content (AvgIpc) is 2.65. The van der Waals surface area contributed by atoms with Gasteiger partial charge in [0.15, 0.2) is 17.5 Å². The topological polar surface area (TPSA) is 66.9 Å². The molecular formula is C17H9F5N4O. The SMILES string of the molecule is O=C(Nc1ccc(F)c(F)c1F)c1ccnc(Nc2ccc(F)cc2F)n1. The normalized spacial score (nSPS) is 10.6. The van der Waals surface area contributed by atoms with Crippen molar-refractivity contribution in [2.45, 2.75) is 0 Å². The van der Waals surface area contributed by atoms with E-state index in [1.807, 2.05) is 5.32 Å². The van der Waals surface area contributed by atoms with Crippen LogP contribution >= 0.6 is 0 Å². The van der Waals surface area contributed by atoms with E-state index in [0.717, 1.165) is 24.4 Å². The Labute approximate surface area is 148 Å². The van der Waals surface area contributed by atoms with E-state index < -0.39 is 40.7 Å². The highest BCUT2D eigenvalue weighted by atomic mass is 19.2. The first-order chi connectivity index (χ1) is 12.8. The molecule has 5 nitrogen and oxygen atoms in total. The molecule has 1 heterocycles. The summed E-state index contributed by atoms with van der Waals surface area (Å²) >= 11 is 0. The number of nitrogens with zero attached hydrogens (tertiary/aromatic N) is 2. The smallest absolute Gasteiger partial charge is 0.274 e. The van der Waals surface area contributed by atoms with E-state index in [2.05, 4.69) is 15.3 Å². The molecule has 0 saturated heterocycles. The van der Waals surface area contributed by atoms with Gasteiger partial charge in [-0.3, -0.25) is 4.79 Å². The molecule has 0 aliphatic rings. The second-order valence-electron chi connectivity index (χ2n) is 5.19. The number of hydrogen-bond acceptors (Lipinski definition) is 4. The summed E-state index contributed by atoms with van der Waals surface area (Å²) in [6, 6.07) is 5.42. The predicted molar refractivity (Wildman–Crippen MR) is 85.9 cm³/mol. The third-order valence-electron chi connectivity index (χ3n) is 3.35. The lowest BCUT2D eigenvalue weighted by Gasteiger charge is -2.09. The molecule has 3 aromatic rings. The summed E-state index contributed by atoms with van der Waals surface area (Å²) in [5.41, 5.74) is -0.989. The van der Waals surface area contributed by atoms with Crippen LogP contribution in [0.2, 0.25) is 0 Å². The lowest BCUT2D eigenvalue weighted by molar-refractivity contribution is 0.102. The monoisotopic (exact) mass is 380 g/mol. The molecule has 0 unspecified atom stereocenters. The van der Waals surface area contributed by atoms with Gasteiger partial charge in [-0.2, -0.15) is 0 Å². The molecule has 3 rings (SSSR count). The van der Waals surface area contributed by atoms with Crippen molar-refractivity contribution >= 4 is 23.2 Å². The zero-order valence-corrected chi connectivity index (χ0v) is 13.2. The third-order valence-corrected chi connectivity index (χ3v) is 3.35. The quantitative estimate of drug-likeness (QED) is 0.527. The number of amides is 1. The number of hydrogen-bond donors (Lipinski definition) is 2. The largest absolute Gasteiger partial charge is 0.322 e. The Morgan fingerprint density at radius 2 is 1.59 bits per heavy atom. The summed E-state index contributed by atoms with van der Waals surface area (Å²) in [4.78, 5) is 19.7. The van der Waals surface area contributed by atoms with Crippen molar-refractivity contribution in [2.75, 3.05) is 10.6 Å². The Kier molecular flexibility index (Phi) is 4.97. The molecule has 0 radical (unpaired) electrons. The Morgan fingerprint density at radius 1 is 0.852 bits per heavy atom. The van der Waals surface area contributed by atoms with E-state index in [1.54, 1.807) is 0 Å². The molecule has 10 heteroatoms. The van der Waals surface area contributed by atoms with Crippen LogP contribution < -0.4 is 10.6 Å². The van der Waals surface area contributed by atoms with Crippen LogP contribution in [0.1, 0.15) is 10.5 Å². The summed E-state index contributed by atoms with van der Waals surface area (Å²) in [6.07, 6.45) is 1.16. The molecule has 1 amide bonds. The molecule has 0 fully saturated rings. The van der Waals surface area contributed by atoms with Gasteiger partial charge >= 0.3 is 0 Å². The van der Waals surface area contributed by atoms with Crippen LogP contribution in [0, 0.1) is 29.1 Å². The first-order valence-corrected chi connectivity index (χ1v) is 7.35. The van der Waals surface area contributed by atoms with E-state index >= 15 is 0 Å². The number of benzene rings is 2. The van der Waals surface area contributed by atoms with E-state index in [-0.39, 0.29) is 17.3 Å². The van der Waals surface area contributed by atoms with Crippen molar-refractivity contribution in [3.63, 3.8) is 0 Å². The van der Waals surface area contributed by atoms with Gasteiger partial charge in [-0.25, -0.2) is 31.9 Å². The van der Waals surface area contributed by atoms with E-state index in [9.17, 15) is 26.7 Å². The summed E-state index contributed by atoms with van der Waals surface area (Å²) in [6.45, 7) is 0. The average molecular weight is 380 g/mol. The molecule has 0 aliphatic heterocycles. The van der Waals surface area contributed by atoms with Crippen LogP contribution in [-0.2, 0) is 0 Å². The maximum atomic E-state index is 13.7. The highest BCUT2D eigenvalue weighted by Crippen LogP contribution is 2.21. The molecule has 0 spiro atoms. The van der Waals surface area contributed by atoms with Crippen molar-refractivity contribution in [2.24, 2.45) is 0 Å². The number of rotatable bonds is 4. The zero-order chi connectivity index (χ0) is 19.6. The van der Waals surface area contributed by atoms with E-state index in [0.29, 0.717) is 12.1 Å². The third kappa shape index (κ3) is 4.00. The minimum atomic E-state index is -1.73. The lowest BCUT2D eigenvalue weighted by atomic mass is 10.2. The van der Waals surface area contributed by atoms with Gasteiger partial charge < -0.3 is 10.6 Å². The molecule has 0 aliphatic carbocycles. The standard InChI is InChI=1S/C17H9F5N4O/c18-8-1-3-11(10(20)7-8)25-17-23-6-5-13(26-17)16(27)24-12-4-2-9(19)14(21)15(12)22/h1-7H,(H,24,27)(H,23,25,26). The van der Waals surface area contributed by atoms with Crippen LogP contribution in [0.4, 0.5) is 39.3 Å². The van der Waals surface area contributed by atoms with Gasteiger partial charge in [-0.15, -0.1) is 0 Å². The van der Waals surface area contributed by atoms with Crippen molar-refractivity contribution in [3.05, 3.63) is 77.4 Å². The Hall–Kier alpha value is -3.56. The maximum Gasteiger partial charge on any atom is 0.274 e. The van der Waals surface area contributed by atoms with Crippen molar-refractivity contribution in [3.8, 4) is 0 Å². The number of halogens is 5. The number of carbonyl (C=O) groups excluding carboxylic acids is 1. The minimum Gasteiger partial charge on any atom is -0.322 e. The second kappa shape index (κ2) is 7.36. The first-order valence-electron chi connectivity index (χ1n) is 7.35. The first kappa shape index (κ1) is 18.2. The predicted octanol–water partition coefficient (Wildman–Crippen LogP) is 4.17. The molecule has 27 heavy (non-hydrogen) atoms. The van der Waals surface area contributed by atoms with Crippen LogP contribution in [0.15, 0.2) is 42.6 Å². The number of nitrogens with one attached hydrogen (secondary N) is 2. The molecule has 2 N–H and O–H groups in total. The summed E-state index contributed by atoms with van der Waals surface area (Å²) in [5, 5.41) is 4.50. The molecule has 0 atom stereocenters. The number of aromatic nitrogens is 2. The molecule has 0 saturated carbocycles. The Bertz CT molecular complexity index is 1030. The van der Waals surface area contributed by atoms with Gasteiger partial charge in [0, 0.05) is 12.3 Å². The highest BCUT2D eigenvalue weighted by molar-refractivity contribution is 6.03. The maximum absolute atomic E-state index is 13.7. The molecule has 1 aromatic heterocycles. The van der Waals surface area contributed by atoms with Crippen LogP contribution in [0.25, 0.3) is 0 Å². The lowest BCUT2D eigenvalue weighted by Crippen LogP contribution is -2.16. The highest BCUT2D eigenvalue weighted by Gasteiger charge is 2.17. The van der Waals surface area contributed by atoms with Crippen LogP contribution in [0.3, 0.4) is 0 Å². The van der Waals surface area contributed by atoms with Gasteiger partial charge in [0.1, 0.15) is 17.3 Å². The fourth-order valence-corrected chi connectivity index (χ4v) is 2.07. The Balaban J connectivity index is 1.81. The van der Waals surface area contributed by atoms with Gasteiger partial charge in [-0.05, 0) is 30.3 Å². The van der Waals surface area contributed by atoms with Gasteiger partial charge in [0.2, 0.25) is 5.95 Å². The van der Waals surface area contributed by atoms with Crippen molar-refractivity contribution in [1.29, 1.82) is 0 Å². The van der Waals surface area contributed by atoms with Crippen LogP contribution in [0.5, 0.6) is 0 Å². The fourth-order valence-electron chi connectivity index (χ4n) is 2.07. The summed E-state index contributed by atoms with van der Waals surface area (Å²) in [5.74, 6) is -7.52.